The zero-order valence-corrected chi connectivity index (χ0v) is 15.5. The fraction of sp³-hybridized carbons (Fsp3) is 0.263. The second-order valence-electron chi connectivity index (χ2n) is 6.11. The molecule has 1 heterocycles. The summed E-state index contributed by atoms with van der Waals surface area (Å²) in [5.74, 6) is 1.17. The van der Waals surface area contributed by atoms with E-state index in [0.29, 0.717) is 5.82 Å². The number of sulfonamides is 1. The molecule has 2 aromatic carbocycles. The lowest BCUT2D eigenvalue weighted by atomic mass is 10.1. The van der Waals surface area contributed by atoms with Gasteiger partial charge in [-0.05, 0) is 30.5 Å². The summed E-state index contributed by atoms with van der Waals surface area (Å²) in [6.45, 7) is 0.844. The molecule has 0 spiro atoms. The molecule has 0 fully saturated rings. The summed E-state index contributed by atoms with van der Waals surface area (Å²) in [7, 11) is -3.29. The molecule has 6 nitrogen and oxygen atoms in total. The minimum atomic E-state index is -3.29. The molecule has 26 heavy (non-hydrogen) atoms. The van der Waals surface area contributed by atoms with Gasteiger partial charge in [-0.1, -0.05) is 42.5 Å². The van der Waals surface area contributed by atoms with Crippen LogP contribution in [0.2, 0.25) is 0 Å². The molecule has 0 bridgehead atoms. The number of hydrogen-bond donors (Lipinski definition) is 2. The van der Waals surface area contributed by atoms with E-state index in [-0.39, 0.29) is 6.54 Å². The van der Waals surface area contributed by atoms with Gasteiger partial charge in [0.2, 0.25) is 10.0 Å². The number of aromatic nitrogens is 2. The minimum Gasteiger partial charge on any atom is -0.369 e. The number of benzene rings is 2. The molecule has 2 N–H and O–H groups in total. The molecule has 7 heteroatoms. The van der Waals surface area contributed by atoms with Gasteiger partial charge >= 0.3 is 0 Å². The van der Waals surface area contributed by atoms with Crippen LogP contribution in [-0.4, -0.2) is 31.2 Å². The predicted molar refractivity (Wildman–Crippen MR) is 104 cm³/mol. The Kier molecular flexibility index (Phi) is 5.80. The van der Waals surface area contributed by atoms with Crippen LogP contribution in [0.15, 0.2) is 54.6 Å². The molecule has 0 saturated carbocycles. The number of aryl methyl sites for hydroxylation is 1. The standard InChI is InChI=1S/C19H22N4O2S/c1-26(24,25)21-14-18-22-17-12-6-5-11-16(17)19(23-18)20-13-7-10-15-8-3-2-4-9-15/h2-6,8-9,11-12,21H,7,10,13-14H2,1H3,(H,20,22,23). The zero-order chi connectivity index (χ0) is 18.4. The Morgan fingerprint density at radius 3 is 2.46 bits per heavy atom. The van der Waals surface area contributed by atoms with Crippen molar-refractivity contribution in [1.29, 1.82) is 0 Å². The second-order valence-corrected chi connectivity index (χ2v) is 7.95. The Bertz CT molecular complexity index is 975. The van der Waals surface area contributed by atoms with Crippen LogP contribution in [0.25, 0.3) is 10.9 Å². The minimum absolute atomic E-state index is 0.0718. The molecule has 0 unspecified atom stereocenters. The summed E-state index contributed by atoms with van der Waals surface area (Å²) in [5.41, 5.74) is 2.10. The third kappa shape index (κ3) is 5.24. The van der Waals surface area contributed by atoms with Crippen LogP contribution >= 0.6 is 0 Å². The van der Waals surface area contributed by atoms with Crippen molar-refractivity contribution in [3.63, 3.8) is 0 Å². The number of nitrogens with zero attached hydrogens (tertiary/aromatic N) is 2. The fourth-order valence-corrected chi connectivity index (χ4v) is 3.07. The Balaban J connectivity index is 1.71. The molecule has 0 saturated heterocycles. The molecular formula is C19H22N4O2S. The maximum absolute atomic E-state index is 11.3. The van der Waals surface area contributed by atoms with Crippen LogP contribution in [0.4, 0.5) is 5.82 Å². The molecule has 0 aliphatic heterocycles. The van der Waals surface area contributed by atoms with E-state index in [9.17, 15) is 8.42 Å². The molecule has 3 aromatic rings. The summed E-state index contributed by atoms with van der Waals surface area (Å²) in [4.78, 5) is 8.94. The van der Waals surface area contributed by atoms with Crippen LogP contribution in [0.3, 0.4) is 0 Å². The molecule has 0 aliphatic rings. The van der Waals surface area contributed by atoms with Gasteiger partial charge < -0.3 is 5.32 Å². The van der Waals surface area contributed by atoms with Crippen LogP contribution < -0.4 is 10.0 Å². The van der Waals surface area contributed by atoms with Crippen molar-refractivity contribution < 1.29 is 8.42 Å². The van der Waals surface area contributed by atoms with Crippen molar-refractivity contribution in [2.45, 2.75) is 19.4 Å². The number of para-hydroxylation sites is 1. The Hall–Kier alpha value is -2.51. The second kappa shape index (κ2) is 8.25. The van der Waals surface area contributed by atoms with Crippen LogP contribution in [0.5, 0.6) is 0 Å². The Morgan fingerprint density at radius 1 is 0.962 bits per heavy atom. The normalized spacial score (nSPS) is 11.6. The van der Waals surface area contributed by atoms with Crippen molar-refractivity contribution in [2.75, 3.05) is 18.1 Å². The molecule has 3 rings (SSSR count). The molecule has 0 aliphatic carbocycles. The van der Waals surface area contributed by atoms with Crippen molar-refractivity contribution >= 4 is 26.7 Å². The molecule has 0 radical (unpaired) electrons. The first-order chi connectivity index (χ1) is 12.5. The van der Waals surface area contributed by atoms with E-state index in [1.165, 1.54) is 5.56 Å². The molecule has 0 amide bonds. The van der Waals surface area contributed by atoms with Gasteiger partial charge in [0, 0.05) is 11.9 Å². The van der Waals surface area contributed by atoms with Gasteiger partial charge in [-0.25, -0.2) is 23.1 Å². The van der Waals surface area contributed by atoms with Gasteiger partial charge in [0.05, 0.1) is 18.3 Å². The van der Waals surface area contributed by atoms with E-state index in [0.717, 1.165) is 42.4 Å². The average molecular weight is 370 g/mol. The molecular weight excluding hydrogens is 348 g/mol. The summed E-state index contributed by atoms with van der Waals surface area (Å²) < 4.78 is 25.1. The van der Waals surface area contributed by atoms with Gasteiger partial charge in [-0.2, -0.15) is 0 Å². The zero-order valence-electron chi connectivity index (χ0n) is 14.6. The van der Waals surface area contributed by atoms with E-state index in [4.69, 9.17) is 0 Å². The highest BCUT2D eigenvalue weighted by atomic mass is 32.2. The van der Waals surface area contributed by atoms with Crippen molar-refractivity contribution in [3.8, 4) is 0 Å². The lowest BCUT2D eigenvalue weighted by Crippen LogP contribution is -2.23. The SMILES string of the molecule is CS(=O)(=O)NCc1nc(NCCCc2ccccc2)c2ccccc2n1. The fourth-order valence-electron chi connectivity index (χ4n) is 2.68. The topological polar surface area (TPSA) is 84.0 Å². The first-order valence-electron chi connectivity index (χ1n) is 8.49. The maximum Gasteiger partial charge on any atom is 0.209 e. The first-order valence-corrected chi connectivity index (χ1v) is 10.4. The average Bonchev–Trinajstić information content (AvgIpc) is 2.64. The number of hydrogen-bond acceptors (Lipinski definition) is 5. The largest absolute Gasteiger partial charge is 0.369 e. The summed E-state index contributed by atoms with van der Waals surface area (Å²) in [6, 6.07) is 18.0. The summed E-state index contributed by atoms with van der Waals surface area (Å²) >= 11 is 0. The quantitative estimate of drug-likeness (QED) is 0.596. The monoisotopic (exact) mass is 370 g/mol. The van der Waals surface area contributed by atoms with Gasteiger partial charge in [0.1, 0.15) is 11.6 Å². The third-order valence-corrected chi connectivity index (χ3v) is 4.59. The van der Waals surface area contributed by atoms with Crippen molar-refractivity contribution in [1.82, 2.24) is 14.7 Å². The van der Waals surface area contributed by atoms with Crippen LogP contribution in [0.1, 0.15) is 17.8 Å². The number of fused-ring (bicyclic) bond motifs is 1. The van der Waals surface area contributed by atoms with E-state index < -0.39 is 10.0 Å². The predicted octanol–water partition coefficient (Wildman–Crippen LogP) is 2.72. The van der Waals surface area contributed by atoms with Gasteiger partial charge in [-0.15, -0.1) is 0 Å². The highest BCUT2D eigenvalue weighted by molar-refractivity contribution is 7.88. The van der Waals surface area contributed by atoms with Gasteiger partial charge in [-0.3, -0.25) is 0 Å². The molecule has 0 atom stereocenters. The Labute approximate surface area is 153 Å². The van der Waals surface area contributed by atoms with E-state index >= 15 is 0 Å². The summed E-state index contributed by atoms with van der Waals surface area (Å²) in [5, 5.41) is 4.29. The molecule has 136 valence electrons. The van der Waals surface area contributed by atoms with Crippen molar-refractivity contribution in [3.05, 3.63) is 66.0 Å². The number of nitrogens with one attached hydrogen (secondary N) is 2. The van der Waals surface area contributed by atoms with Gasteiger partial charge in [0.15, 0.2) is 0 Å². The van der Waals surface area contributed by atoms with Gasteiger partial charge in [0.25, 0.3) is 0 Å². The maximum atomic E-state index is 11.3. The summed E-state index contributed by atoms with van der Waals surface area (Å²) in [6.07, 6.45) is 3.08. The van der Waals surface area contributed by atoms with Crippen LogP contribution in [0, 0.1) is 0 Å². The lowest BCUT2D eigenvalue weighted by Gasteiger charge is -2.11. The highest BCUT2D eigenvalue weighted by Gasteiger charge is 2.09. The van der Waals surface area contributed by atoms with Crippen LogP contribution in [-0.2, 0) is 23.0 Å². The molecule has 1 aromatic heterocycles. The first kappa shape index (κ1) is 18.3. The number of anilines is 1. The lowest BCUT2D eigenvalue weighted by molar-refractivity contribution is 0.585. The highest BCUT2D eigenvalue weighted by Crippen LogP contribution is 2.20. The van der Waals surface area contributed by atoms with E-state index in [1.54, 1.807) is 0 Å². The Morgan fingerprint density at radius 2 is 1.69 bits per heavy atom. The van der Waals surface area contributed by atoms with Crippen molar-refractivity contribution in [2.24, 2.45) is 0 Å². The van der Waals surface area contributed by atoms with E-state index in [1.807, 2.05) is 42.5 Å². The smallest absolute Gasteiger partial charge is 0.209 e. The van der Waals surface area contributed by atoms with E-state index in [2.05, 4.69) is 32.1 Å². The number of rotatable bonds is 8. The third-order valence-electron chi connectivity index (χ3n) is 3.92.